The van der Waals surface area contributed by atoms with Crippen molar-refractivity contribution in [2.24, 2.45) is 7.05 Å². The maximum atomic E-state index is 5.93. The molecule has 0 saturated carbocycles. The van der Waals surface area contributed by atoms with E-state index in [2.05, 4.69) is 15.4 Å². The van der Waals surface area contributed by atoms with Crippen LogP contribution >= 0.6 is 11.6 Å². The highest BCUT2D eigenvalue weighted by Gasteiger charge is 2.06. The molecule has 1 aromatic rings. The fraction of sp³-hybridized carbons (Fsp3) is 0.857. The lowest BCUT2D eigenvalue weighted by Crippen LogP contribution is -2.09. The van der Waals surface area contributed by atoms with Gasteiger partial charge in [0.2, 0.25) is 0 Å². The van der Waals surface area contributed by atoms with Crippen LogP contribution in [0.2, 0.25) is 0 Å². The second-order valence-electron chi connectivity index (χ2n) is 2.79. The van der Waals surface area contributed by atoms with E-state index >= 15 is 0 Å². The van der Waals surface area contributed by atoms with E-state index in [0.29, 0.717) is 6.61 Å². The van der Waals surface area contributed by atoms with E-state index in [1.807, 2.05) is 0 Å². The Labute approximate surface area is 82.0 Å². The molecule has 0 fully saturated rings. The van der Waals surface area contributed by atoms with Gasteiger partial charge in [-0.1, -0.05) is 0 Å². The Balaban J connectivity index is 2.26. The Morgan fingerprint density at radius 1 is 1.62 bits per heavy atom. The maximum absolute atomic E-state index is 5.93. The Bertz CT molecular complexity index is 252. The molecule has 0 saturated heterocycles. The van der Waals surface area contributed by atoms with Gasteiger partial charge in [0.15, 0.2) is 5.82 Å². The normalized spacial score (nSPS) is 13.2. The molecule has 0 aliphatic rings. The molecule has 0 spiro atoms. The maximum Gasteiger partial charge on any atom is 0.174 e. The third-order valence-electron chi connectivity index (χ3n) is 1.58. The predicted octanol–water partition coefficient (Wildman–Crippen LogP) is 0.397. The molecule has 1 atom stereocenters. The summed E-state index contributed by atoms with van der Waals surface area (Å²) in [4.78, 5) is 1.44. The number of hydrogen-bond acceptors (Lipinski definition) is 4. The number of halogens is 1. The Kier molecular flexibility index (Phi) is 4.11. The van der Waals surface area contributed by atoms with Crippen LogP contribution in [0.5, 0.6) is 0 Å². The summed E-state index contributed by atoms with van der Waals surface area (Å²) in [5.41, 5.74) is 0. The average Bonchev–Trinajstić information content (AvgIpc) is 2.49. The molecule has 0 amide bonds. The molecule has 1 unspecified atom stereocenters. The summed E-state index contributed by atoms with van der Waals surface area (Å²) in [7, 11) is 3.37. The second kappa shape index (κ2) is 5.14. The fourth-order valence-electron chi connectivity index (χ4n) is 0.973. The first kappa shape index (κ1) is 10.4. The van der Waals surface area contributed by atoms with Crippen molar-refractivity contribution in [1.29, 1.82) is 0 Å². The van der Waals surface area contributed by atoms with Gasteiger partial charge >= 0.3 is 0 Å². The largest absolute Gasteiger partial charge is 0.383 e. The topological polar surface area (TPSA) is 52.8 Å². The van der Waals surface area contributed by atoms with Crippen LogP contribution in [-0.2, 0) is 18.2 Å². The van der Waals surface area contributed by atoms with Crippen molar-refractivity contribution >= 4 is 11.6 Å². The van der Waals surface area contributed by atoms with Gasteiger partial charge in [-0.25, -0.2) is 0 Å². The summed E-state index contributed by atoms with van der Waals surface area (Å²) in [5, 5.41) is 11.6. The van der Waals surface area contributed by atoms with Crippen molar-refractivity contribution in [3.63, 3.8) is 0 Å². The highest BCUT2D eigenvalue weighted by atomic mass is 35.5. The molecule has 0 N–H and O–H groups in total. The summed E-state index contributed by atoms with van der Waals surface area (Å²) in [6, 6.07) is 0. The zero-order valence-corrected chi connectivity index (χ0v) is 8.53. The van der Waals surface area contributed by atoms with Crippen LogP contribution in [-0.4, -0.2) is 39.3 Å². The third-order valence-corrected chi connectivity index (χ3v) is 1.92. The van der Waals surface area contributed by atoms with Crippen LogP contribution in [0.1, 0.15) is 12.2 Å². The lowest BCUT2D eigenvalue weighted by atomic mass is 10.2. The number of aromatic nitrogens is 4. The lowest BCUT2D eigenvalue weighted by Gasteiger charge is -2.04. The van der Waals surface area contributed by atoms with Crippen molar-refractivity contribution in [2.75, 3.05) is 13.7 Å². The van der Waals surface area contributed by atoms with Crippen molar-refractivity contribution in [2.45, 2.75) is 18.2 Å². The number of alkyl halides is 1. The first-order valence-electron chi connectivity index (χ1n) is 4.08. The number of methoxy groups -OCH3 is 1. The molecule has 6 heteroatoms. The summed E-state index contributed by atoms with van der Waals surface area (Å²) in [6.07, 6.45) is 1.55. The Morgan fingerprint density at radius 2 is 2.38 bits per heavy atom. The molecule has 0 aromatic carbocycles. The molecular weight excluding hydrogens is 192 g/mol. The summed E-state index contributed by atoms with van der Waals surface area (Å²) >= 11 is 5.93. The van der Waals surface area contributed by atoms with Crippen LogP contribution < -0.4 is 0 Å². The van der Waals surface area contributed by atoms with Crippen LogP contribution in [0.4, 0.5) is 0 Å². The molecule has 13 heavy (non-hydrogen) atoms. The fourth-order valence-corrected chi connectivity index (χ4v) is 1.21. The highest BCUT2D eigenvalue weighted by molar-refractivity contribution is 6.20. The van der Waals surface area contributed by atoms with E-state index in [9.17, 15) is 0 Å². The quantitative estimate of drug-likeness (QED) is 0.652. The molecule has 1 rings (SSSR count). The minimum atomic E-state index is 0.0220. The minimum absolute atomic E-state index is 0.0220. The average molecular weight is 205 g/mol. The second-order valence-corrected chi connectivity index (χ2v) is 3.40. The van der Waals surface area contributed by atoms with E-state index < -0.39 is 0 Å². The zero-order chi connectivity index (χ0) is 9.68. The first-order chi connectivity index (χ1) is 6.22. The van der Waals surface area contributed by atoms with E-state index in [4.69, 9.17) is 16.3 Å². The Hall–Kier alpha value is -0.680. The summed E-state index contributed by atoms with van der Waals surface area (Å²) in [5.74, 6) is 0.726. The van der Waals surface area contributed by atoms with Crippen LogP contribution in [0.25, 0.3) is 0 Å². The lowest BCUT2D eigenvalue weighted by molar-refractivity contribution is 0.195. The van der Waals surface area contributed by atoms with Gasteiger partial charge in [-0.15, -0.1) is 21.8 Å². The monoisotopic (exact) mass is 204 g/mol. The van der Waals surface area contributed by atoms with Gasteiger partial charge in [0.25, 0.3) is 0 Å². The van der Waals surface area contributed by atoms with E-state index in [0.717, 1.165) is 18.7 Å². The molecule has 0 aliphatic heterocycles. The van der Waals surface area contributed by atoms with Gasteiger partial charge in [-0.2, -0.15) is 4.80 Å². The third kappa shape index (κ3) is 3.69. The zero-order valence-electron chi connectivity index (χ0n) is 7.77. The van der Waals surface area contributed by atoms with Gasteiger partial charge < -0.3 is 4.74 Å². The minimum Gasteiger partial charge on any atom is -0.383 e. The smallest absolute Gasteiger partial charge is 0.174 e. The van der Waals surface area contributed by atoms with Crippen molar-refractivity contribution in [3.8, 4) is 0 Å². The van der Waals surface area contributed by atoms with Gasteiger partial charge in [-0.05, 0) is 11.6 Å². The van der Waals surface area contributed by atoms with Crippen molar-refractivity contribution in [3.05, 3.63) is 5.82 Å². The Morgan fingerprint density at radius 3 is 2.92 bits per heavy atom. The van der Waals surface area contributed by atoms with Gasteiger partial charge in [0.05, 0.1) is 19.0 Å². The van der Waals surface area contributed by atoms with E-state index in [1.165, 1.54) is 4.80 Å². The molecule has 0 bridgehead atoms. The summed E-state index contributed by atoms with van der Waals surface area (Å²) < 4.78 is 4.90. The molecule has 74 valence electrons. The highest BCUT2D eigenvalue weighted by Crippen LogP contribution is 2.05. The SMILES string of the molecule is COCC(Cl)CCc1nnn(C)n1. The number of hydrogen-bond donors (Lipinski definition) is 0. The molecule has 1 aromatic heterocycles. The molecule has 1 heterocycles. The van der Waals surface area contributed by atoms with Gasteiger partial charge in [-0.3, -0.25) is 0 Å². The number of tetrazole rings is 1. The molecule has 0 radical (unpaired) electrons. The van der Waals surface area contributed by atoms with E-state index in [1.54, 1.807) is 14.2 Å². The number of ether oxygens (including phenoxy) is 1. The number of aryl methyl sites for hydroxylation is 2. The predicted molar refractivity (Wildman–Crippen MR) is 48.6 cm³/mol. The van der Waals surface area contributed by atoms with Crippen LogP contribution in [0.15, 0.2) is 0 Å². The van der Waals surface area contributed by atoms with E-state index in [-0.39, 0.29) is 5.38 Å². The van der Waals surface area contributed by atoms with Crippen LogP contribution in [0.3, 0.4) is 0 Å². The van der Waals surface area contributed by atoms with Gasteiger partial charge in [0, 0.05) is 13.5 Å². The van der Waals surface area contributed by atoms with Crippen molar-refractivity contribution in [1.82, 2.24) is 20.2 Å². The molecular formula is C7H13ClN4O. The van der Waals surface area contributed by atoms with Crippen LogP contribution in [0, 0.1) is 0 Å². The number of nitrogens with zero attached hydrogens (tertiary/aromatic N) is 4. The molecule has 0 aliphatic carbocycles. The first-order valence-corrected chi connectivity index (χ1v) is 4.52. The van der Waals surface area contributed by atoms with Gasteiger partial charge in [0.1, 0.15) is 0 Å². The van der Waals surface area contributed by atoms with Crippen molar-refractivity contribution < 1.29 is 4.74 Å². The standard InChI is InChI=1S/C7H13ClN4O/c1-12-10-7(9-11-12)4-3-6(8)5-13-2/h6H,3-5H2,1-2H3. The number of rotatable bonds is 5. The summed E-state index contributed by atoms with van der Waals surface area (Å²) in [6.45, 7) is 0.557. The molecule has 5 nitrogen and oxygen atoms in total.